The van der Waals surface area contributed by atoms with Gasteiger partial charge in [-0.3, -0.25) is 9.69 Å². The molecule has 2 aliphatic rings. The van der Waals surface area contributed by atoms with Crippen molar-refractivity contribution in [2.75, 3.05) is 45.8 Å². The van der Waals surface area contributed by atoms with Crippen LogP contribution in [0.5, 0.6) is 17.2 Å². The number of hydrogen-bond acceptors (Lipinski definition) is 7. The largest absolute Gasteiger partial charge is 0.497 e. The summed E-state index contributed by atoms with van der Waals surface area (Å²) in [4.78, 5) is 14.9. The van der Waals surface area contributed by atoms with Gasteiger partial charge in [0.15, 0.2) is 11.5 Å². The molecule has 38 heavy (non-hydrogen) atoms. The van der Waals surface area contributed by atoms with E-state index < -0.39 is 28.0 Å². The van der Waals surface area contributed by atoms with Crippen LogP contribution in [0.4, 0.5) is 0 Å². The predicted octanol–water partition coefficient (Wildman–Crippen LogP) is 3.88. The molecule has 1 saturated heterocycles. The highest BCUT2D eigenvalue weighted by atomic mass is 32.2. The molecule has 0 saturated carbocycles. The van der Waals surface area contributed by atoms with Gasteiger partial charge in [-0.05, 0) is 48.7 Å². The summed E-state index contributed by atoms with van der Waals surface area (Å²) in [6, 6.07) is 12.5. The van der Waals surface area contributed by atoms with Crippen molar-refractivity contribution in [2.24, 2.45) is 5.92 Å². The molecule has 0 amide bonds. The normalized spacial score (nSPS) is 21.1. The number of hydrogen-bond donors (Lipinski definition) is 1. The first kappa shape index (κ1) is 27.9. The van der Waals surface area contributed by atoms with Crippen LogP contribution >= 0.6 is 0 Å². The standard InChI is InChI=1S/C28H36N2O7S/c1-5-12-30(38(33,34)17-19(2)3)14-13-29-16-23(21-8-11-24-25(15-21)37-18-36-24)26(28(31)32)27(29)20-6-9-22(35-4)10-7-20/h6-11,15,23,26-27H,2,5,12-14,16-18H2,1,3-4H3,(H,31,32). The highest BCUT2D eigenvalue weighted by Crippen LogP contribution is 2.47. The highest BCUT2D eigenvalue weighted by molar-refractivity contribution is 7.89. The van der Waals surface area contributed by atoms with Crippen molar-refractivity contribution in [1.29, 1.82) is 0 Å². The molecule has 0 aliphatic carbocycles. The molecule has 2 heterocycles. The first-order valence-electron chi connectivity index (χ1n) is 12.8. The summed E-state index contributed by atoms with van der Waals surface area (Å²) >= 11 is 0. The lowest BCUT2D eigenvalue weighted by Gasteiger charge is -2.30. The molecule has 1 N–H and O–H groups in total. The number of carboxylic acid groups (broad SMARTS) is 1. The van der Waals surface area contributed by atoms with E-state index in [1.165, 1.54) is 4.31 Å². The minimum absolute atomic E-state index is 0.105. The van der Waals surface area contributed by atoms with Crippen molar-refractivity contribution < 1.29 is 32.5 Å². The smallest absolute Gasteiger partial charge is 0.309 e. The monoisotopic (exact) mass is 544 g/mol. The number of sulfonamides is 1. The summed E-state index contributed by atoms with van der Waals surface area (Å²) in [6.45, 7) is 9.05. The van der Waals surface area contributed by atoms with Crippen molar-refractivity contribution in [3.05, 3.63) is 65.7 Å². The molecule has 10 heteroatoms. The molecule has 3 atom stereocenters. The SMILES string of the molecule is C=C(C)CS(=O)(=O)N(CCC)CCN1CC(c2ccc3c(c2)OCO3)C(C(=O)O)C1c1ccc(OC)cc1. The second-order valence-electron chi connectivity index (χ2n) is 9.91. The van der Waals surface area contributed by atoms with E-state index in [1.807, 2.05) is 49.4 Å². The Morgan fingerprint density at radius 3 is 2.45 bits per heavy atom. The van der Waals surface area contributed by atoms with Gasteiger partial charge in [0.1, 0.15) is 5.75 Å². The quantitative estimate of drug-likeness (QED) is 0.402. The predicted molar refractivity (Wildman–Crippen MR) is 144 cm³/mol. The highest BCUT2D eigenvalue weighted by Gasteiger charge is 2.47. The molecule has 1 fully saturated rings. The van der Waals surface area contributed by atoms with E-state index in [-0.39, 0.29) is 25.0 Å². The van der Waals surface area contributed by atoms with Gasteiger partial charge in [0.25, 0.3) is 0 Å². The molecule has 2 aromatic rings. The van der Waals surface area contributed by atoms with Gasteiger partial charge < -0.3 is 19.3 Å². The maximum absolute atomic E-state index is 13.0. The number of aliphatic carboxylic acids is 1. The fourth-order valence-corrected chi connectivity index (χ4v) is 7.05. The number of benzene rings is 2. The summed E-state index contributed by atoms with van der Waals surface area (Å²) < 4.78 is 43.9. The first-order chi connectivity index (χ1) is 18.1. The van der Waals surface area contributed by atoms with E-state index in [1.54, 1.807) is 14.0 Å². The van der Waals surface area contributed by atoms with E-state index in [2.05, 4.69) is 11.5 Å². The molecule has 0 radical (unpaired) electrons. The van der Waals surface area contributed by atoms with Crippen LogP contribution in [0.25, 0.3) is 0 Å². The van der Waals surface area contributed by atoms with Crippen molar-refractivity contribution >= 4 is 16.0 Å². The van der Waals surface area contributed by atoms with Crippen LogP contribution in [-0.2, 0) is 14.8 Å². The van der Waals surface area contributed by atoms with E-state index in [4.69, 9.17) is 14.2 Å². The Labute approximate surface area is 224 Å². The number of ether oxygens (including phenoxy) is 3. The number of carbonyl (C=O) groups is 1. The van der Waals surface area contributed by atoms with Crippen molar-refractivity contribution in [1.82, 2.24) is 9.21 Å². The topological polar surface area (TPSA) is 106 Å². The Morgan fingerprint density at radius 2 is 1.82 bits per heavy atom. The van der Waals surface area contributed by atoms with Gasteiger partial charge in [0, 0.05) is 38.1 Å². The van der Waals surface area contributed by atoms with E-state index in [9.17, 15) is 18.3 Å². The average molecular weight is 545 g/mol. The van der Waals surface area contributed by atoms with Gasteiger partial charge in [0.05, 0.1) is 18.8 Å². The Morgan fingerprint density at radius 1 is 1.13 bits per heavy atom. The molecule has 0 aromatic heterocycles. The first-order valence-corrected chi connectivity index (χ1v) is 14.4. The van der Waals surface area contributed by atoms with E-state index in [0.29, 0.717) is 48.9 Å². The van der Waals surface area contributed by atoms with Crippen molar-refractivity contribution in [3.63, 3.8) is 0 Å². The third-order valence-electron chi connectivity index (χ3n) is 7.10. The van der Waals surface area contributed by atoms with E-state index >= 15 is 0 Å². The van der Waals surface area contributed by atoms with Gasteiger partial charge in [-0.15, -0.1) is 0 Å². The summed E-state index contributed by atoms with van der Waals surface area (Å²) in [5.74, 6) is -0.178. The van der Waals surface area contributed by atoms with E-state index in [0.717, 1.165) is 11.1 Å². The average Bonchev–Trinajstić information content (AvgIpc) is 3.50. The van der Waals surface area contributed by atoms with Crippen LogP contribution in [0.1, 0.15) is 43.4 Å². The minimum atomic E-state index is -3.53. The fourth-order valence-electron chi connectivity index (χ4n) is 5.42. The molecule has 2 aliphatic heterocycles. The second kappa shape index (κ2) is 11.8. The van der Waals surface area contributed by atoms with Crippen molar-refractivity contribution in [2.45, 2.75) is 32.2 Å². The lowest BCUT2D eigenvalue weighted by Crippen LogP contribution is -2.40. The van der Waals surface area contributed by atoms with Crippen LogP contribution < -0.4 is 14.2 Å². The Balaban J connectivity index is 1.68. The molecule has 206 valence electrons. The zero-order valence-electron chi connectivity index (χ0n) is 22.1. The van der Waals surface area contributed by atoms with Gasteiger partial charge in [-0.25, -0.2) is 12.7 Å². The van der Waals surface area contributed by atoms with Gasteiger partial charge >= 0.3 is 5.97 Å². The summed E-state index contributed by atoms with van der Waals surface area (Å²) in [5, 5.41) is 10.5. The number of fused-ring (bicyclic) bond motifs is 1. The fraction of sp³-hybridized carbons (Fsp3) is 0.464. The van der Waals surface area contributed by atoms with Crippen molar-refractivity contribution in [3.8, 4) is 17.2 Å². The molecule has 0 bridgehead atoms. The third kappa shape index (κ3) is 5.98. The number of likely N-dealkylation sites (tertiary alicyclic amines) is 1. The van der Waals surface area contributed by atoms with Crippen LogP contribution in [-0.4, -0.2) is 74.5 Å². The van der Waals surface area contributed by atoms with Crippen LogP contribution in [0.3, 0.4) is 0 Å². The van der Waals surface area contributed by atoms with Crippen LogP contribution in [0, 0.1) is 5.92 Å². The molecular weight excluding hydrogens is 508 g/mol. The minimum Gasteiger partial charge on any atom is -0.497 e. The second-order valence-corrected chi connectivity index (χ2v) is 11.9. The zero-order chi connectivity index (χ0) is 27.4. The maximum Gasteiger partial charge on any atom is 0.309 e. The lowest BCUT2D eigenvalue weighted by atomic mass is 9.82. The number of carboxylic acids is 1. The third-order valence-corrected chi connectivity index (χ3v) is 9.11. The van der Waals surface area contributed by atoms with Gasteiger partial charge in [-0.1, -0.05) is 37.3 Å². The number of methoxy groups -OCH3 is 1. The molecule has 0 spiro atoms. The maximum atomic E-state index is 13.0. The Bertz CT molecular complexity index is 1260. The number of rotatable bonds is 12. The molecule has 3 unspecified atom stereocenters. The Hall–Kier alpha value is -3.08. The van der Waals surface area contributed by atoms with Gasteiger partial charge in [0.2, 0.25) is 16.8 Å². The Kier molecular flexibility index (Phi) is 8.64. The van der Waals surface area contributed by atoms with Crippen LogP contribution in [0.15, 0.2) is 54.6 Å². The molecule has 4 rings (SSSR count). The summed E-state index contributed by atoms with van der Waals surface area (Å²) in [7, 11) is -1.94. The molecular formula is C28H36N2O7S. The number of nitrogens with zero attached hydrogens (tertiary/aromatic N) is 2. The van der Waals surface area contributed by atoms with Gasteiger partial charge in [-0.2, -0.15) is 0 Å². The molecule has 9 nitrogen and oxygen atoms in total. The zero-order valence-corrected chi connectivity index (χ0v) is 22.9. The summed E-state index contributed by atoms with van der Waals surface area (Å²) in [5.41, 5.74) is 2.27. The lowest BCUT2D eigenvalue weighted by molar-refractivity contribution is -0.143. The van der Waals surface area contributed by atoms with Crippen LogP contribution in [0.2, 0.25) is 0 Å². The summed E-state index contributed by atoms with van der Waals surface area (Å²) in [6.07, 6.45) is 0.675. The molecule has 2 aromatic carbocycles.